The monoisotopic (exact) mass is 312 g/mol. The van der Waals surface area contributed by atoms with Crippen molar-refractivity contribution in [1.29, 1.82) is 0 Å². The molecule has 0 aliphatic carbocycles. The van der Waals surface area contributed by atoms with Gasteiger partial charge in [-0.25, -0.2) is 0 Å². The maximum Gasteiger partial charge on any atom is 0.258 e. The average molecular weight is 312 g/mol. The van der Waals surface area contributed by atoms with Crippen LogP contribution in [0.25, 0.3) is 0 Å². The topological polar surface area (TPSA) is 64.3 Å². The highest BCUT2D eigenvalue weighted by Gasteiger charge is 2.07. The van der Waals surface area contributed by atoms with Gasteiger partial charge in [0.25, 0.3) is 5.91 Å². The Kier molecular flexibility index (Phi) is 7.40. The first-order valence-corrected chi connectivity index (χ1v) is 8.14. The van der Waals surface area contributed by atoms with Crippen LogP contribution in [0.1, 0.15) is 18.9 Å². The van der Waals surface area contributed by atoms with E-state index in [0.717, 1.165) is 17.7 Å². The van der Waals surface area contributed by atoms with Gasteiger partial charge in [-0.1, -0.05) is 12.2 Å². The van der Waals surface area contributed by atoms with Gasteiger partial charge in [0, 0.05) is 11.6 Å². The summed E-state index contributed by atoms with van der Waals surface area (Å²) in [5, 5.41) is 2.90. The number of rotatable bonds is 8. The van der Waals surface area contributed by atoms with E-state index in [1.807, 2.05) is 13.2 Å². The molecule has 4 nitrogen and oxygen atoms in total. The molecule has 20 heavy (non-hydrogen) atoms. The van der Waals surface area contributed by atoms with E-state index in [1.165, 1.54) is 0 Å². The Hall–Kier alpha value is -1.27. The lowest BCUT2D eigenvalue weighted by molar-refractivity contribution is -0.123. The molecule has 0 heterocycles. The maximum absolute atomic E-state index is 11.7. The van der Waals surface area contributed by atoms with Crippen LogP contribution in [0.3, 0.4) is 0 Å². The Balaban J connectivity index is 2.35. The highest BCUT2D eigenvalue weighted by atomic mass is 32.2. The van der Waals surface area contributed by atoms with Crippen LogP contribution in [0.2, 0.25) is 0 Å². The Morgan fingerprint density at radius 1 is 1.45 bits per heavy atom. The Morgan fingerprint density at radius 3 is 2.65 bits per heavy atom. The zero-order chi connectivity index (χ0) is 15.0. The number of nitrogens with two attached hydrogens (primary N) is 1. The smallest absolute Gasteiger partial charge is 0.258 e. The molecule has 0 saturated heterocycles. The third-order valence-electron chi connectivity index (χ3n) is 2.67. The number of hydrogen-bond donors (Lipinski definition) is 2. The van der Waals surface area contributed by atoms with E-state index in [4.69, 9.17) is 22.7 Å². The second kappa shape index (κ2) is 8.81. The maximum atomic E-state index is 11.7. The van der Waals surface area contributed by atoms with Gasteiger partial charge in [-0.05, 0) is 49.6 Å². The van der Waals surface area contributed by atoms with E-state index < -0.39 is 0 Å². The van der Waals surface area contributed by atoms with Gasteiger partial charge in [0.15, 0.2) is 6.61 Å². The lowest BCUT2D eigenvalue weighted by Gasteiger charge is -2.13. The minimum Gasteiger partial charge on any atom is -0.484 e. The molecule has 0 spiro atoms. The zero-order valence-electron chi connectivity index (χ0n) is 11.7. The zero-order valence-corrected chi connectivity index (χ0v) is 13.4. The van der Waals surface area contributed by atoms with Gasteiger partial charge in [-0.2, -0.15) is 11.8 Å². The molecule has 6 heteroatoms. The summed E-state index contributed by atoms with van der Waals surface area (Å²) in [7, 11) is 0. The van der Waals surface area contributed by atoms with Crippen LogP contribution >= 0.6 is 24.0 Å². The van der Waals surface area contributed by atoms with Crippen molar-refractivity contribution in [3.05, 3.63) is 29.8 Å². The van der Waals surface area contributed by atoms with Gasteiger partial charge in [0.1, 0.15) is 10.7 Å². The number of carbonyl (C=O) groups excluding carboxylic acids is 1. The second-order valence-corrected chi connectivity index (χ2v) is 5.85. The fraction of sp³-hybridized carbons (Fsp3) is 0.429. The number of carbonyl (C=O) groups is 1. The van der Waals surface area contributed by atoms with Crippen molar-refractivity contribution >= 4 is 34.9 Å². The van der Waals surface area contributed by atoms with E-state index in [-0.39, 0.29) is 18.6 Å². The molecule has 0 bridgehead atoms. The summed E-state index contributed by atoms with van der Waals surface area (Å²) in [4.78, 5) is 12.0. The summed E-state index contributed by atoms with van der Waals surface area (Å²) < 4.78 is 5.41. The van der Waals surface area contributed by atoms with E-state index in [1.54, 1.807) is 36.0 Å². The molecule has 0 aliphatic rings. The fourth-order valence-electron chi connectivity index (χ4n) is 1.55. The van der Waals surface area contributed by atoms with E-state index in [2.05, 4.69) is 5.32 Å². The van der Waals surface area contributed by atoms with Crippen molar-refractivity contribution in [2.75, 3.05) is 18.6 Å². The summed E-state index contributed by atoms with van der Waals surface area (Å²) in [6, 6.07) is 7.21. The molecule has 0 saturated carbocycles. The third-order valence-corrected chi connectivity index (χ3v) is 3.55. The normalized spacial score (nSPS) is 11.7. The van der Waals surface area contributed by atoms with Crippen molar-refractivity contribution in [1.82, 2.24) is 5.32 Å². The van der Waals surface area contributed by atoms with Crippen molar-refractivity contribution in [3.8, 4) is 5.75 Å². The number of hydrogen-bond acceptors (Lipinski definition) is 4. The molecular formula is C14H20N2O2S2. The standard InChI is InChI=1S/C14H20N2O2S2/c1-10(7-8-20-2)16-13(17)9-18-12-5-3-11(4-6-12)14(15)19/h3-6,10H,7-9H2,1-2H3,(H2,15,19)(H,16,17). The summed E-state index contributed by atoms with van der Waals surface area (Å²) >= 11 is 6.63. The van der Waals surface area contributed by atoms with Crippen molar-refractivity contribution in [2.45, 2.75) is 19.4 Å². The minimum absolute atomic E-state index is 0.00995. The molecule has 0 aliphatic heterocycles. The molecule has 0 radical (unpaired) electrons. The molecule has 1 atom stereocenters. The second-order valence-electron chi connectivity index (χ2n) is 4.43. The quantitative estimate of drug-likeness (QED) is 0.718. The van der Waals surface area contributed by atoms with Gasteiger partial charge >= 0.3 is 0 Å². The van der Waals surface area contributed by atoms with Crippen LogP contribution in [0.15, 0.2) is 24.3 Å². The molecule has 0 aromatic heterocycles. The number of amides is 1. The molecule has 1 amide bonds. The number of ether oxygens (including phenoxy) is 1. The SMILES string of the molecule is CSCCC(C)NC(=O)COc1ccc(C(N)=S)cc1. The van der Waals surface area contributed by atoms with E-state index in [9.17, 15) is 4.79 Å². The molecule has 1 rings (SSSR count). The first-order chi connectivity index (χ1) is 9.52. The number of thiocarbonyl (C=S) groups is 1. The Bertz CT molecular complexity index is 449. The van der Waals surface area contributed by atoms with Gasteiger partial charge < -0.3 is 15.8 Å². The van der Waals surface area contributed by atoms with E-state index in [0.29, 0.717) is 10.7 Å². The largest absolute Gasteiger partial charge is 0.484 e. The highest BCUT2D eigenvalue weighted by Crippen LogP contribution is 2.12. The van der Waals surface area contributed by atoms with Crippen LogP contribution in [-0.4, -0.2) is 35.6 Å². The van der Waals surface area contributed by atoms with Crippen LogP contribution < -0.4 is 15.8 Å². The first-order valence-electron chi connectivity index (χ1n) is 6.34. The van der Waals surface area contributed by atoms with Crippen LogP contribution in [-0.2, 0) is 4.79 Å². The van der Waals surface area contributed by atoms with Crippen LogP contribution in [0, 0.1) is 0 Å². The predicted molar refractivity (Wildman–Crippen MR) is 88.4 cm³/mol. The van der Waals surface area contributed by atoms with Gasteiger partial charge in [0.05, 0.1) is 0 Å². The summed E-state index contributed by atoms with van der Waals surface area (Å²) in [5.74, 6) is 1.54. The Labute approximate surface area is 129 Å². The van der Waals surface area contributed by atoms with Gasteiger partial charge in [0.2, 0.25) is 0 Å². The number of thioether (sulfide) groups is 1. The first kappa shape index (κ1) is 16.8. The highest BCUT2D eigenvalue weighted by molar-refractivity contribution is 7.98. The molecule has 3 N–H and O–H groups in total. The molecule has 0 fully saturated rings. The summed E-state index contributed by atoms with van der Waals surface area (Å²) in [6.07, 6.45) is 3.00. The molecule has 1 unspecified atom stereocenters. The summed E-state index contributed by atoms with van der Waals surface area (Å²) in [6.45, 7) is 2.00. The van der Waals surface area contributed by atoms with Gasteiger partial charge in [-0.15, -0.1) is 0 Å². The summed E-state index contributed by atoms with van der Waals surface area (Å²) in [5.41, 5.74) is 6.29. The average Bonchev–Trinajstić information content (AvgIpc) is 2.43. The van der Waals surface area contributed by atoms with Crippen molar-refractivity contribution < 1.29 is 9.53 Å². The molecule has 1 aromatic rings. The lowest BCUT2D eigenvalue weighted by Crippen LogP contribution is -2.36. The number of nitrogens with one attached hydrogen (secondary N) is 1. The van der Waals surface area contributed by atoms with Crippen molar-refractivity contribution in [3.63, 3.8) is 0 Å². The van der Waals surface area contributed by atoms with Crippen molar-refractivity contribution in [2.24, 2.45) is 5.73 Å². The lowest BCUT2D eigenvalue weighted by atomic mass is 10.2. The van der Waals surface area contributed by atoms with Gasteiger partial charge in [-0.3, -0.25) is 4.79 Å². The fourth-order valence-corrected chi connectivity index (χ4v) is 2.27. The van der Waals surface area contributed by atoms with E-state index >= 15 is 0 Å². The molecule has 1 aromatic carbocycles. The molecular weight excluding hydrogens is 292 g/mol. The molecule has 110 valence electrons. The van der Waals surface area contributed by atoms with Crippen LogP contribution in [0.5, 0.6) is 5.75 Å². The third kappa shape index (κ3) is 6.25. The van der Waals surface area contributed by atoms with Crippen LogP contribution in [0.4, 0.5) is 0 Å². The number of benzene rings is 1. The Morgan fingerprint density at radius 2 is 2.10 bits per heavy atom. The predicted octanol–water partition coefficient (Wildman–Crippen LogP) is 1.96. The minimum atomic E-state index is -0.114.